The van der Waals surface area contributed by atoms with E-state index in [1.165, 1.54) is 0 Å². The number of aliphatic carboxylic acids is 1. The quantitative estimate of drug-likeness (QED) is 0.690. The van der Waals surface area contributed by atoms with Gasteiger partial charge in [0.1, 0.15) is 0 Å². The lowest BCUT2D eigenvalue weighted by Crippen LogP contribution is -2.07. The van der Waals surface area contributed by atoms with Gasteiger partial charge in [0.25, 0.3) is 0 Å². The van der Waals surface area contributed by atoms with Gasteiger partial charge in [0, 0.05) is 6.42 Å². The summed E-state index contributed by atoms with van der Waals surface area (Å²) in [5, 5.41) is 17.9. The Morgan fingerprint density at radius 2 is 2.29 bits per heavy atom. The van der Waals surface area contributed by atoms with Crippen LogP contribution in [0.2, 0.25) is 0 Å². The summed E-state index contributed by atoms with van der Waals surface area (Å²) in [6, 6.07) is 0. The number of ketones is 1. The molecule has 0 saturated heterocycles. The van der Waals surface area contributed by atoms with Crippen molar-refractivity contribution < 1.29 is 19.8 Å². The highest BCUT2D eigenvalue weighted by Crippen LogP contribution is 2.19. The molecule has 0 radical (unpaired) electrons. The predicted octanol–water partition coefficient (Wildman–Crippen LogP) is 1.69. The first kappa shape index (κ1) is 13.6. The van der Waals surface area contributed by atoms with Crippen LogP contribution in [0.15, 0.2) is 23.8 Å². The first-order valence-corrected chi connectivity index (χ1v) is 5.80. The van der Waals surface area contributed by atoms with E-state index < -0.39 is 12.1 Å². The number of rotatable bonds is 6. The van der Waals surface area contributed by atoms with Crippen LogP contribution in [-0.2, 0) is 9.59 Å². The largest absolute Gasteiger partial charge is 0.481 e. The van der Waals surface area contributed by atoms with E-state index >= 15 is 0 Å². The zero-order chi connectivity index (χ0) is 12.8. The lowest BCUT2D eigenvalue weighted by molar-refractivity contribution is -0.141. The van der Waals surface area contributed by atoms with Crippen LogP contribution in [0.25, 0.3) is 0 Å². The lowest BCUT2D eigenvalue weighted by atomic mass is 10.1. The molecule has 0 aromatic carbocycles. The van der Waals surface area contributed by atoms with Crippen LogP contribution in [0.1, 0.15) is 32.6 Å². The van der Waals surface area contributed by atoms with Gasteiger partial charge in [0.2, 0.25) is 0 Å². The molecule has 4 heteroatoms. The summed E-state index contributed by atoms with van der Waals surface area (Å²) in [5.74, 6) is -1.16. The number of hydrogen-bond donors (Lipinski definition) is 2. The van der Waals surface area contributed by atoms with Crippen molar-refractivity contribution >= 4 is 11.8 Å². The second kappa shape index (κ2) is 6.35. The minimum absolute atomic E-state index is 0.0183. The number of carboxylic acids is 1. The molecular weight excluding hydrogens is 220 g/mol. The van der Waals surface area contributed by atoms with Gasteiger partial charge in [-0.25, -0.2) is 0 Å². The molecule has 0 aromatic heterocycles. The van der Waals surface area contributed by atoms with Crippen LogP contribution in [0.4, 0.5) is 0 Å². The summed E-state index contributed by atoms with van der Waals surface area (Å²) in [7, 11) is 0. The summed E-state index contributed by atoms with van der Waals surface area (Å²) < 4.78 is 0. The van der Waals surface area contributed by atoms with Crippen molar-refractivity contribution in [3.8, 4) is 0 Å². The SMILES string of the molecule is CC(CC=CCCC1=CC(O)CC1=O)C(=O)O. The Bertz CT molecular complexity index is 354. The van der Waals surface area contributed by atoms with E-state index in [9.17, 15) is 14.7 Å². The average molecular weight is 238 g/mol. The fraction of sp³-hybridized carbons (Fsp3) is 0.538. The highest BCUT2D eigenvalue weighted by Gasteiger charge is 2.20. The Kier molecular flexibility index (Phi) is 5.10. The van der Waals surface area contributed by atoms with Crippen molar-refractivity contribution in [2.24, 2.45) is 5.92 Å². The normalized spacial score (nSPS) is 21.9. The van der Waals surface area contributed by atoms with E-state index in [0.717, 1.165) is 0 Å². The van der Waals surface area contributed by atoms with E-state index in [1.54, 1.807) is 13.0 Å². The maximum Gasteiger partial charge on any atom is 0.306 e. The van der Waals surface area contributed by atoms with Crippen molar-refractivity contribution in [2.45, 2.75) is 38.7 Å². The van der Waals surface area contributed by atoms with Gasteiger partial charge < -0.3 is 10.2 Å². The highest BCUT2D eigenvalue weighted by molar-refractivity contribution is 5.98. The van der Waals surface area contributed by atoms with Crippen LogP contribution in [0.3, 0.4) is 0 Å². The summed E-state index contributed by atoms with van der Waals surface area (Å²) in [6.07, 6.45) is 6.74. The number of carbonyl (C=O) groups is 2. The summed E-state index contributed by atoms with van der Waals surface area (Å²) in [4.78, 5) is 21.9. The minimum Gasteiger partial charge on any atom is -0.481 e. The van der Waals surface area contributed by atoms with Gasteiger partial charge in [0.15, 0.2) is 5.78 Å². The molecule has 94 valence electrons. The second-order valence-electron chi connectivity index (χ2n) is 4.37. The molecular formula is C13H18O4. The topological polar surface area (TPSA) is 74.6 Å². The average Bonchev–Trinajstić information content (AvgIpc) is 2.56. The Balaban J connectivity index is 2.24. The standard InChI is InChI=1S/C13H18O4/c1-9(13(16)17)5-3-2-4-6-10-7-11(14)8-12(10)15/h2-3,7,9,11,14H,4-6,8H2,1H3,(H,16,17). The number of allylic oxidation sites excluding steroid dienone is 3. The molecule has 17 heavy (non-hydrogen) atoms. The molecule has 0 spiro atoms. The summed E-state index contributed by atoms with van der Waals surface area (Å²) in [5.41, 5.74) is 0.688. The number of Topliss-reactive ketones (excluding diaryl/α,β-unsaturated/α-hetero) is 1. The number of carbonyl (C=O) groups excluding carboxylic acids is 1. The molecule has 2 N–H and O–H groups in total. The van der Waals surface area contributed by atoms with E-state index in [1.807, 2.05) is 12.2 Å². The molecule has 1 rings (SSSR count). The third-order valence-corrected chi connectivity index (χ3v) is 2.80. The van der Waals surface area contributed by atoms with E-state index in [-0.39, 0.29) is 18.1 Å². The maximum atomic E-state index is 11.3. The summed E-state index contributed by atoms with van der Waals surface area (Å²) in [6.45, 7) is 1.66. The first-order chi connectivity index (χ1) is 8.00. The van der Waals surface area contributed by atoms with Gasteiger partial charge in [0.05, 0.1) is 12.0 Å². The zero-order valence-electron chi connectivity index (χ0n) is 9.93. The molecule has 0 saturated carbocycles. The van der Waals surface area contributed by atoms with Crippen molar-refractivity contribution in [1.82, 2.24) is 0 Å². The second-order valence-corrected chi connectivity index (χ2v) is 4.37. The molecule has 4 nitrogen and oxygen atoms in total. The molecule has 0 aliphatic heterocycles. The number of carboxylic acid groups (broad SMARTS) is 1. The van der Waals surface area contributed by atoms with Crippen LogP contribution in [0, 0.1) is 5.92 Å². The van der Waals surface area contributed by atoms with Crippen LogP contribution in [0.5, 0.6) is 0 Å². The molecule has 0 bridgehead atoms. The van der Waals surface area contributed by atoms with E-state index in [0.29, 0.717) is 24.8 Å². The lowest BCUT2D eigenvalue weighted by Gasteiger charge is -2.00. The zero-order valence-corrected chi connectivity index (χ0v) is 9.93. The van der Waals surface area contributed by atoms with Crippen LogP contribution in [-0.4, -0.2) is 28.1 Å². The van der Waals surface area contributed by atoms with Crippen molar-refractivity contribution in [3.05, 3.63) is 23.8 Å². The molecule has 1 aliphatic carbocycles. The number of aliphatic hydroxyl groups excluding tert-OH is 1. The minimum atomic E-state index is -0.800. The fourth-order valence-electron chi connectivity index (χ4n) is 1.69. The molecule has 0 heterocycles. The smallest absolute Gasteiger partial charge is 0.306 e. The third-order valence-electron chi connectivity index (χ3n) is 2.80. The fourth-order valence-corrected chi connectivity index (χ4v) is 1.69. The number of hydrogen-bond acceptors (Lipinski definition) is 3. The number of aliphatic hydroxyl groups is 1. The Labute approximate surface area is 101 Å². The molecule has 0 aromatic rings. The van der Waals surface area contributed by atoms with Gasteiger partial charge in [-0.2, -0.15) is 0 Å². The Morgan fingerprint density at radius 3 is 2.82 bits per heavy atom. The highest BCUT2D eigenvalue weighted by atomic mass is 16.4. The molecule has 2 atom stereocenters. The van der Waals surface area contributed by atoms with Crippen molar-refractivity contribution in [1.29, 1.82) is 0 Å². The van der Waals surface area contributed by atoms with Gasteiger partial charge in [-0.1, -0.05) is 19.1 Å². The van der Waals surface area contributed by atoms with Crippen LogP contribution >= 0.6 is 0 Å². The van der Waals surface area contributed by atoms with Gasteiger partial charge in [-0.05, 0) is 30.9 Å². The molecule has 0 fully saturated rings. The van der Waals surface area contributed by atoms with Gasteiger partial charge in [-0.15, -0.1) is 0 Å². The monoisotopic (exact) mass is 238 g/mol. The third kappa shape index (κ3) is 4.53. The van der Waals surface area contributed by atoms with E-state index in [2.05, 4.69) is 0 Å². The molecule has 1 aliphatic rings. The van der Waals surface area contributed by atoms with Gasteiger partial charge in [-0.3, -0.25) is 9.59 Å². The Morgan fingerprint density at radius 1 is 1.59 bits per heavy atom. The maximum absolute atomic E-state index is 11.3. The molecule has 2 unspecified atom stereocenters. The first-order valence-electron chi connectivity index (χ1n) is 5.80. The molecule has 0 amide bonds. The summed E-state index contributed by atoms with van der Waals surface area (Å²) >= 11 is 0. The van der Waals surface area contributed by atoms with Crippen molar-refractivity contribution in [2.75, 3.05) is 0 Å². The van der Waals surface area contributed by atoms with Crippen molar-refractivity contribution in [3.63, 3.8) is 0 Å². The Hall–Kier alpha value is -1.42. The van der Waals surface area contributed by atoms with E-state index in [4.69, 9.17) is 5.11 Å². The van der Waals surface area contributed by atoms with Gasteiger partial charge >= 0.3 is 5.97 Å². The predicted molar refractivity (Wildman–Crippen MR) is 63.5 cm³/mol. The van der Waals surface area contributed by atoms with Crippen LogP contribution < -0.4 is 0 Å².